The maximum atomic E-state index is 13.5. The van der Waals surface area contributed by atoms with Gasteiger partial charge in [-0.15, -0.1) is 0 Å². The van der Waals surface area contributed by atoms with Gasteiger partial charge in [-0.3, -0.25) is 0 Å². The number of hydrogen-bond donors (Lipinski definition) is 0. The van der Waals surface area contributed by atoms with Gasteiger partial charge in [0.15, 0.2) is 0 Å². The zero-order chi connectivity index (χ0) is 9.26. The lowest BCUT2D eigenvalue weighted by molar-refractivity contribution is 0.347. The third kappa shape index (κ3) is 1.67. The Bertz CT molecular complexity index is 365. The summed E-state index contributed by atoms with van der Waals surface area (Å²) in [5.74, 6) is 0.180. The van der Waals surface area contributed by atoms with Crippen LogP contribution in [0, 0.1) is 9.39 Å². The highest BCUT2D eigenvalue weighted by atomic mass is 127. The topological polar surface area (TPSA) is 21.6 Å². The van der Waals surface area contributed by atoms with Gasteiger partial charge in [0.25, 0.3) is 0 Å². The van der Waals surface area contributed by atoms with Crippen molar-refractivity contribution in [2.75, 3.05) is 13.2 Å². The molecule has 1 aromatic carbocycles. The van der Waals surface area contributed by atoms with Crippen LogP contribution in [0.4, 0.5) is 4.39 Å². The molecule has 1 heterocycles. The third-order valence-electron chi connectivity index (χ3n) is 1.77. The van der Waals surface area contributed by atoms with Crippen LogP contribution in [0.15, 0.2) is 23.2 Å². The molecule has 0 bridgehead atoms. The Kier molecular flexibility index (Phi) is 2.48. The van der Waals surface area contributed by atoms with Crippen LogP contribution in [-0.2, 0) is 4.74 Å². The Morgan fingerprint density at radius 3 is 3.00 bits per heavy atom. The molecule has 0 atom stereocenters. The minimum atomic E-state index is -0.247. The SMILES string of the molecule is Fc1c(I)cccc1C1=NCCO1. The summed E-state index contributed by atoms with van der Waals surface area (Å²) in [5.41, 5.74) is 0.462. The summed E-state index contributed by atoms with van der Waals surface area (Å²) in [6, 6.07) is 5.20. The van der Waals surface area contributed by atoms with Crippen LogP contribution >= 0.6 is 22.6 Å². The second-order valence-corrected chi connectivity index (χ2v) is 3.80. The molecule has 2 nitrogen and oxygen atoms in total. The summed E-state index contributed by atoms with van der Waals surface area (Å²) in [6.45, 7) is 1.18. The minimum Gasteiger partial charge on any atom is -0.475 e. The normalized spacial score (nSPS) is 15.4. The molecule has 0 fully saturated rings. The van der Waals surface area contributed by atoms with Crippen LogP contribution in [0.1, 0.15) is 5.56 Å². The predicted octanol–water partition coefficient (Wildman–Crippen LogP) is 2.21. The number of benzene rings is 1. The first-order chi connectivity index (χ1) is 6.29. The molecule has 0 aromatic heterocycles. The van der Waals surface area contributed by atoms with Crippen LogP contribution in [0.3, 0.4) is 0 Å². The van der Waals surface area contributed by atoms with Crippen molar-refractivity contribution in [2.45, 2.75) is 0 Å². The maximum Gasteiger partial charge on any atom is 0.219 e. The van der Waals surface area contributed by atoms with Gasteiger partial charge in [0.2, 0.25) is 5.90 Å². The third-order valence-corrected chi connectivity index (χ3v) is 2.60. The summed E-state index contributed by atoms with van der Waals surface area (Å²) in [6.07, 6.45) is 0. The van der Waals surface area contributed by atoms with Crippen molar-refractivity contribution in [3.8, 4) is 0 Å². The number of nitrogens with zero attached hydrogens (tertiary/aromatic N) is 1. The van der Waals surface area contributed by atoms with Crippen molar-refractivity contribution in [1.82, 2.24) is 0 Å². The van der Waals surface area contributed by atoms with E-state index < -0.39 is 0 Å². The van der Waals surface area contributed by atoms with Crippen molar-refractivity contribution in [3.63, 3.8) is 0 Å². The van der Waals surface area contributed by atoms with E-state index in [1.165, 1.54) is 0 Å². The van der Waals surface area contributed by atoms with E-state index in [-0.39, 0.29) is 5.82 Å². The molecule has 68 valence electrons. The fourth-order valence-corrected chi connectivity index (χ4v) is 1.67. The number of hydrogen-bond acceptors (Lipinski definition) is 2. The number of halogens is 2. The summed E-state index contributed by atoms with van der Waals surface area (Å²) < 4.78 is 19.3. The van der Waals surface area contributed by atoms with Gasteiger partial charge in [0, 0.05) is 3.57 Å². The molecular weight excluding hydrogens is 284 g/mol. The highest BCUT2D eigenvalue weighted by Crippen LogP contribution is 2.17. The molecule has 0 spiro atoms. The quantitative estimate of drug-likeness (QED) is 0.727. The molecule has 0 aliphatic carbocycles. The smallest absolute Gasteiger partial charge is 0.219 e. The van der Waals surface area contributed by atoms with E-state index in [4.69, 9.17) is 4.74 Å². The van der Waals surface area contributed by atoms with Gasteiger partial charge < -0.3 is 4.74 Å². The van der Waals surface area contributed by atoms with Gasteiger partial charge in [-0.1, -0.05) is 6.07 Å². The first-order valence-electron chi connectivity index (χ1n) is 3.90. The highest BCUT2D eigenvalue weighted by molar-refractivity contribution is 14.1. The fourth-order valence-electron chi connectivity index (χ4n) is 1.17. The Balaban J connectivity index is 2.45. The molecule has 2 rings (SSSR count). The van der Waals surface area contributed by atoms with Crippen LogP contribution in [0.5, 0.6) is 0 Å². The summed E-state index contributed by atoms with van der Waals surface area (Å²) in [7, 11) is 0. The number of aliphatic imine (C=N–C) groups is 1. The second kappa shape index (κ2) is 3.61. The van der Waals surface area contributed by atoms with Crippen molar-refractivity contribution in [2.24, 2.45) is 4.99 Å². The average molecular weight is 291 g/mol. The molecule has 0 N–H and O–H groups in total. The van der Waals surface area contributed by atoms with Crippen LogP contribution in [0.2, 0.25) is 0 Å². The number of ether oxygens (including phenoxy) is 1. The largest absolute Gasteiger partial charge is 0.475 e. The van der Waals surface area contributed by atoms with Gasteiger partial charge in [-0.2, -0.15) is 0 Å². The average Bonchev–Trinajstić information content (AvgIpc) is 2.62. The summed E-state index contributed by atoms with van der Waals surface area (Å²) in [5, 5.41) is 0. The Hall–Kier alpha value is -0.650. The van der Waals surface area contributed by atoms with Crippen molar-refractivity contribution < 1.29 is 9.13 Å². The van der Waals surface area contributed by atoms with Gasteiger partial charge in [0.05, 0.1) is 12.1 Å². The van der Waals surface area contributed by atoms with Crippen molar-refractivity contribution in [3.05, 3.63) is 33.1 Å². The predicted molar refractivity (Wildman–Crippen MR) is 56.5 cm³/mol. The monoisotopic (exact) mass is 291 g/mol. The first kappa shape index (κ1) is 8.93. The lowest BCUT2D eigenvalue weighted by Gasteiger charge is -2.03. The molecule has 13 heavy (non-hydrogen) atoms. The lowest BCUT2D eigenvalue weighted by atomic mass is 10.2. The van der Waals surface area contributed by atoms with E-state index in [2.05, 4.69) is 4.99 Å². The van der Waals surface area contributed by atoms with Gasteiger partial charge in [-0.05, 0) is 34.7 Å². The summed E-state index contributed by atoms with van der Waals surface area (Å²) >= 11 is 1.95. The van der Waals surface area contributed by atoms with Gasteiger partial charge >= 0.3 is 0 Å². The van der Waals surface area contributed by atoms with Gasteiger partial charge in [-0.25, -0.2) is 9.38 Å². The van der Waals surface area contributed by atoms with Crippen LogP contribution < -0.4 is 0 Å². The van der Waals surface area contributed by atoms with Crippen molar-refractivity contribution >= 4 is 28.5 Å². The Morgan fingerprint density at radius 2 is 2.31 bits per heavy atom. The molecular formula is C9H7FINO. The van der Waals surface area contributed by atoms with E-state index in [9.17, 15) is 4.39 Å². The van der Waals surface area contributed by atoms with E-state index in [1.54, 1.807) is 18.2 Å². The highest BCUT2D eigenvalue weighted by Gasteiger charge is 2.15. The number of rotatable bonds is 1. The fraction of sp³-hybridized carbons (Fsp3) is 0.222. The molecule has 1 aliphatic heterocycles. The zero-order valence-corrected chi connectivity index (χ0v) is 8.92. The van der Waals surface area contributed by atoms with Gasteiger partial charge in [0.1, 0.15) is 12.4 Å². The Labute approximate surface area is 89.0 Å². The standard InChI is InChI=1S/C9H7FINO/c10-8-6(2-1-3-7(8)11)9-12-4-5-13-9/h1-3H,4-5H2. The first-order valence-corrected chi connectivity index (χ1v) is 4.98. The zero-order valence-electron chi connectivity index (χ0n) is 6.76. The van der Waals surface area contributed by atoms with E-state index in [0.29, 0.717) is 28.2 Å². The molecule has 0 saturated heterocycles. The van der Waals surface area contributed by atoms with Crippen LogP contribution in [0.25, 0.3) is 0 Å². The molecule has 0 saturated carbocycles. The molecule has 1 aliphatic rings. The molecule has 0 unspecified atom stereocenters. The molecule has 0 amide bonds. The molecule has 4 heteroatoms. The van der Waals surface area contributed by atoms with E-state index >= 15 is 0 Å². The Morgan fingerprint density at radius 1 is 1.46 bits per heavy atom. The summed E-state index contributed by atoms with van der Waals surface area (Å²) in [4.78, 5) is 4.06. The minimum absolute atomic E-state index is 0.247. The van der Waals surface area contributed by atoms with Crippen LogP contribution in [-0.4, -0.2) is 19.0 Å². The second-order valence-electron chi connectivity index (χ2n) is 2.64. The molecule has 0 radical (unpaired) electrons. The van der Waals surface area contributed by atoms with E-state index in [0.717, 1.165) is 0 Å². The van der Waals surface area contributed by atoms with Crippen molar-refractivity contribution in [1.29, 1.82) is 0 Å². The lowest BCUT2D eigenvalue weighted by Crippen LogP contribution is -2.05. The molecule has 1 aromatic rings. The van der Waals surface area contributed by atoms with E-state index in [1.807, 2.05) is 22.6 Å². The maximum absolute atomic E-state index is 13.5.